The molecule has 1 heterocycles. The van der Waals surface area contributed by atoms with Gasteiger partial charge < -0.3 is 9.64 Å². The summed E-state index contributed by atoms with van der Waals surface area (Å²) in [5.41, 5.74) is 1.58. The largest absolute Gasteiger partial charge is 0.444 e. The molecule has 0 radical (unpaired) electrons. The highest BCUT2D eigenvalue weighted by Crippen LogP contribution is 2.22. The van der Waals surface area contributed by atoms with E-state index in [0.717, 1.165) is 19.3 Å². The van der Waals surface area contributed by atoms with Gasteiger partial charge >= 0.3 is 6.09 Å². The molecule has 0 aromatic heterocycles. The molecule has 0 bridgehead atoms. The predicted octanol–water partition coefficient (Wildman–Crippen LogP) is 1.16. The fraction of sp³-hybridized carbons (Fsp3) is 0.833. The summed E-state index contributed by atoms with van der Waals surface area (Å²) >= 11 is 0. The Morgan fingerprint density at radius 3 is 2.61 bits per heavy atom. The third-order valence-corrected chi connectivity index (χ3v) is 2.84. The molecule has 104 valence electrons. The Morgan fingerprint density at radius 1 is 1.39 bits per heavy atom. The van der Waals surface area contributed by atoms with E-state index < -0.39 is 5.60 Å². The molecule has 1 aliphatic rings. The molecule has 0 aliphatic carbocycles. The second-order valence-corrected chi connectivity index (χ2v) is 5.59. The molecule has 1 aliphatic heterocycles. The highest BCUT2D eigenvalue weighted by atomic mass is 16.6. The maximum Gasteiger partial charge on any atom is 0.410 e. The van der Waals surface area contributed by atoms with Gasteiger partial charge in [0.05, 0.1) is 0 Å². The lowest BCUT2D eigenvalue weighted by atomic mass is 9.99. The van der Waals surface area contributed by atoms with E-state index in [4.69, 9.17) is 10.6 Å². The van der Waals surface area contributed by atoms with Crippen LogP contribution in [0.2, 0.25) is 0 Å². The van der Waals surface area contributed by atoms with Crippen LogP contribution in [-0.2, 0) is 9.53 Å². The van der Waals surface area contributed by atoms with Gasteiger partial charge in [0.1, 0.15) is 5.60 Å². The van der Waals surface area contributed by atoms with Gasteiger partial charge in [0.25, 0.3) is 0 Å². The molecule has 0 aromatic rings. The lowest BCUT2D eigenvalue weighted by Crippen LogP contribution is -2.48. The van der Waals surface area contributed by atoms with Crippen LogP contribution in [0.25, 0.3) is 0 Å². The smallest absolute Gasteiger partial charge is 0.410 e. The summed E-state index contributed by atoms with van der Waals surface area (Å²) in [6.07, 6.45) is 2.65. The van der Waals surface area contributed by atoms with Gasteiger partial charge in [0.2, 0.25) is 5.91 Å². The van der Waals surface area contributed by atoms with Crippen molar-refractivity contribution in [3.05, 3.63) is 0 Å². The number of piperidine rings is 1. The number of rotatable bonds is 2. The normalized spacial score (nSPS) is 20.4. The van der Waals surface area contributed by atoms with Crippen LogP contribution in [0.4, 0.5) is 4.79 Å². The number of carbonyl (C=O) groups excluding carboxylic acids is 2. The Kier molecular flexibility index (Phi) is 4.95. The summed E-state index contributed by atoms with van der Waals surface area (Å²) in [7, 11) is 0. The third-order valence-electron chi connectivity index (χ3n) is 2.84. The van der Waals surface area contributed by atoms with Gasteiger partial charge in [0, 0.05) is 19.0 Å². The van der Waals surface area contributed by atoms with E-state index in [1.807, 2.05) is 20.8 Å². The first-order chi connectivity index (χ1) is 8.33. The summed E-state index contributed by atoms with van der Waals surface area (Å²) in [4.78, 5) is 25.0. The first kappa shape index (κ1) is 14.8. The fourth-order valence-corrected chi connectivity index (χ4v) is 2.05. The SMILES string of the molecule is CC(C)(C)OC(=O)N1CCCCC1CC(=O)NN. The van der Waals surface area contributed by atoms with Crippen molar-refractivity contribution in [1.29, 1.82) is 0 Å². The van der Waals surface area contributed by atoms with Gasteiger partial charge in [-0.05, 0) is 40.0 Å². The summed E-state index contributed by atoms with van der Waals surface area (Å²) in [6, 6.07) is -0.114. The Labute approximate surface area is 108 Å². The predicted molar refractivity (Wildman–Crippen MR) is 67.5 cm³/mol. The van der Waals surface area contributed by atoms with E-state index >= 15 is 0 Å². The molecule has 1 fully saturated rings. The molecule has 0 aromatic carbocycles. The molecule has 2 amide bonds. The molecule has 6 nitrogen and oxygen atoms in total. The number of hydrogen-bond acceptors (Lipinski definition) is 4. The zero-order chi connectivity index (χ0) is 13.8. The van der Waals surface area contributed by atoms with Crippen molar-refractivity contribution < 1.29 is 14.3 Å². The molecule has 3 N–H and O–H groups in total. The number of carbonyl (C=O) groups is 2. The van der Waals surface area contributed by atoms with Crippen LogP contribution < -0.4 is 11.3 Å². The summed E-state index contributed by atoms with van der Waals surface area (Å²) in [5, 5.41) is 0. The van der Waals surface area contributed by atoms with E-state index in [1.54, 1.807) is 4.90 Å². The van der Waals surface area contributed by atoms with Gasteiger partial charge in [-0.15, -0.1) is 0 Å². The topological polar surface area (TPSA) is 84.7 Å². The van der Waals surface area contributed by atoms with Gasteiger partial charge in [-0.2, -0.15) is 0 Å². The second-order valence-electron chi connectivity index (χ2n) is 5.59. The van der Waals surface area contributed by atoms with Crippen molar-refractivity contribution in [1.82, 2.24) is 10.3 Å². The number of nitrogens with zero attached hydrogens (tertiary/aromatic N) is 1. The lowest BCUT2D eigenvalue weighted by Gasteiger charge is -2.36. The van der Waals surface area contributed by atoms with E-state index in [9.17, 15) is 9.59 Å². The Balaban J connectivity index is 2.64. The van der Waals surface area contributed by atoms with E-state index in [1.165, 1.54) is 0 Å². The van der Waals surface area contributed by atoms with Crippen LogP contribution in [0, 0.1) is 0 Å². The molecular formula is C12H23N3O3. The molecule has 1 rings (SSSR count). The quantitative estimate of drug-likeness (QED) is 0.441. The van der Waals surface area contributed by atoms with Crippen LogP contribution in [-0.4, -0.2) is 35.1 Å². The average Bonchev–Trinajstić information content (AvgIpc) is 2.27. The second kappa shape index (κ2) is 6.04. The van der Waals surface area contributed by atoms with Gasteiger partial charge in [-0.3, -0.25) is 10.2 Å². The third kappa shape index (κ3) is 4.52. The Hall–Kier alpha value is -1.30. The van der Waals surface area contributed by atoms with Gasteiger partial charge in [-0.1, -0.05) is 0 Å². The highest BCUT2D eigenvalue weighted by molar-refractivity contribution is 5.77. The van der Waals surface area contributed by atoms with Gasteiger partial charge in [0.15, 0.2) is 0 Å². The number of nitrogens with one attached hydrogen (secondary N) is 1. The van der Waals surface area contributed by atoms with Crippen molar-refractivity contribution in [2.24, 2.45) is 5.84 Å². The molecule has 1 saturated heterocycles. The number of nitrogens with two attached hydrogens (primary N) is 1. The summed E-state index contributed by atoms with van der Waals surface area (Å²) in [6.45, 7) is 6.13. The minimum Gasteiger partial charge on any atom is -0.444 e. The zero-order valence-corrected chi connectivity index (χ0v) is 11.4. The molecule has 0 saturated carbocycles. The standard InChI is InChI=1S/C12H23N3O3/c1-12(2,3)18-11(17)15-7-5-4-6-9(15)8-10(16)14-13/h9H,4-8,13H2,1-3H3,(H,14,16). The van der Waals surface area contributed by atoms with Crippen molar-refractivity contribution >= 4 is 12.0 Å². The number of hydrogen-bond donors (Lipinski definition) is 2. The number of hydrazine groups is 1. The first-order valence-electron chi connectivity index (χ1n) is 6.32. The van der Waals surface area contributed by atoms with E-state index in [-0.39, 0.29) is 24.5 Å². The monoisotopic (exact) mass is 257 g/mol. The van der Waals surface area contributed by atoms with Crippen LogP contribution in [0.5, 0.6) is 0 Å². The molecular weight excluding hydrogens is 234 g/mol. The van der Waals surface area contributed by atoms with E-state index in [2.05, 4.69) is 5.43 Å². The van der Waals surface area contributed by atoms with Gasteiger partial charge in [-0.25, -0.2) is 10.6 Å². The molecule has 1 unspecified atom stereocenters. The highest BCUT2D eigenvalue weighted by Gasteiger charge is 2.31. The minimum absolute atomic E-state index is 0.114. The molecule has 1 atom stereocenters. The summed E-state index contributed by atoms with van der Waals surface area (Å²) < 4.78 is 5.35. The molecule has 18 heavy (non-hydrogen) atoms. The average molecular weight is 257 g/mol. The fourth-order valence-electron chi connectivity index (χ4n) is 2.05. The van der Waals surface area contributed by atoms with Crippen LogP contribution in [0.1, 0.15) is 46.5 Å². The number of ether oxygens (including phenoxy) is 1. The maximum absolute atomic E-state index is 12.0. The molecule has 0 spiro atoms. The summed E-state index contributed by atoms with van der Waals surface area (Å²) in [5.74, 6) is 4.82. The van der Waals surface area contributed by atoms with Crippen molar-refractivity contribution in [2.75, 3.05) is 6.54 Å². The van der Waals surface area contributed by atoms with Crippen molar-refractivity contribution in [3.63, 3.8) is 0 Å². The number of amides is 2. The van der Waals surface area contributed by atoms with Crippen LogP contribution in [0.15, 0.2) is 0 Å². The number of likely N-dealkylation sites (tertiary alicyclic amines) is 1. The van der Waals surface area contributed by atoms with E-state index in [0.29, 0.717) is 6.54 Å². The van der Waals surface area contributed by atoms with Crippen molar-refractivity contribution in [3.8, 4) is 0 Å². The maximum atomic E-state index is 12.0. The zero-order valence-electron chi connectivity index (χ0n) is 11.4. The lowest BCUT2D eigenvalue weighted by molar-refractivity contribution is -0.122. The molecule has 6 heteroatoms. The first-order valence-corrected chi connectivity index (χ1v) is 6.32. The minimum atomic E-state index is -0.519. The van der Waals surface area contributed by atoms with Crippen molar-refractivity contribution in [2.45, 2.75) is 58.1 Å². The van der Waals surface area contributed by atoms with Crippen LogP contribution >= 0.6 is 0 Å². The van der Waals surface area contributed by atoms with Crippen LogP contribution in [0.3, 0.4) is 0 Å². The Morgan fingerprint density at radius 2 is 2.06 bits per heavy atom. The Bertz CT molecular complexity index is 312.